The topological polar surface area (TPSA) is 94.0 Å². The number of hydrogen-bond acceptors (Lipinski definition) is 5. The van der Waals surface area contributed by atoms with Gasteiger partial charge in [0.25, 0.3) is 15.8 Å². The molecule has 0 amide bonds. The summed E-state index contributed by atoms with van der Waals surface area (Å²) in [7, 11) is -0.340. The van der Waals surface area contributed by atoms with Gasteiger partial charge in [-0.05, 0) is 26.7 Å². The molecule has 29 heavy (non-hydrogen) atoms. The number of rotatable bonds is 4. The second-order valence-corrected chi connectivity index (χ2v) is 10.7. The van der Waals surface area contributed by atoms with Gasteiger partial charge in [0.1, 0.15) is 0 Å². The van der Waals surface area contributed by atoms with Crippen molar-refractivity contribution in [1.29, 1.82) is 0 Å². The fourth-order valence-corrected chi connectivity index (χ4v) is 5.50. The first-order valence-electron chi connectivity index (χ1n) is 10.2. The van der Waals surface area contributed by atoms with E-state index in [4.69, 9.17) is 4.98 Å². The molecule has 1 N–H and O–H groups in total. The summed E-state index contributed by atoms with van der Waals surface area (Å²) in [4.78, 5) is 20.1. The van der Waals surface area contributed by atoms with Crippen LogP contribution in [-0.4, -0.2) is 76.3 Å². The molecule has 0 spiro atoms. The summed E-state index contributed by atoms with van der Waals surface area (Å²) in [6.07, 6.45) is 2.44. The van der Waals surface area contributed by atoms with Gasteiger partial charge < -0.3 is 0 Å². The number of aromatic nitrogens is 3. The van der Waals surface area contributed by atoms with Gasteiger partial charge >= 0.3 is 0 Å². The van der Waals surface area contributed by atoms with Crippen LogP contribution in [0.1, 0.15) is 49.6 Å². The number of H-pyrrole nitrogens is 1. The van der Waals surface area contributed by atoms with E-state index in [1.54, 1.807) is 14.1 Å². The van der Waals surface area contributed by atoms with Gasteiger partial charge in [-0.2, -0.15) is 17.0 Å². The van der Waals surface area contributed by atoms with Crippen LogP contribution < -0.4 is 5.56 Å². The highest BCUT2D eigenvalue weighted by Crippen LogP contribution is 2.28. The van der Waals surface area contributed by atoms with Gasteiger partial charge in [0, 0.05) is 70.4 Å². The molecule has 0 radical (unpaired) electrons. The molecule has 0 unspecified atom stereocenters. The lowest BCUT2D eigenvalue weighted by atomic mass is 9.96. The average molecular weight is 423 g/mol. The van der Waals surface area contributed by atoms with Crippen molar-refractivity contribution in [2.45, 2.75) is 51.6 Å². The van der Waals surface area contributed by atoms with Crippen LogP contribution >= 0.6 is 0 Å². The van der Waals surface area contributed by atoms with Crippen molar-refractivity contribution < 1.29 is 8.42 Å². The zero-order valence-corrected chi connectivity index (χ0v) is 18.4. The van der Waals surface area contributed by atoms with E-state index in [1.165, 1.54) is 13.1 Å². The van der Waals surface area contributed by atoms with Crippen LogP contribution in [0, 0.1) is 0 Å². The Morgan fingerprint density at radius 1 is 1.28 bits per heavy atom. The van der Waals surface area contributed by atoms with Crippen LogP contribution in [0.2, 0.25) is 0 Å². The Balaban J connectivity index is 1.66. The summed E-state index contributed by atoms with van der Waals surface area (Å²) in [6.45, 7) is 6.73. The van der Waals surface area contributed by atoms with Crippen molar-refractivity contribution in [2.24, 2.45) is 0 Å². The largest absolute Gasteiger partial charge is 0.296 e. The van der Waals surface area contributed by atoms with E-state index in [0.717, 1.165) is 42.8 Å². The highest BCUT2D eigenvalue weighted by Gasteiger charge is 2.32. The molecule has 0 saturated carbocycles. The second-order valence-electron chi connectivity index (χ2n) is 8.55. The van der Waals surface area contributed by atoms with Crippen molar-refractivity contribution in [2.75, 3.05) is 33.7 Å². The number of hydrogen-bond donors (Lipinski definition) is 1. The van der Waals surface area contributed by atoms with Crippen LogP contribution in [0.15, 0.2) is 10.9 Å². The van der Waals surface area contributed by atoms with Crippen LogP contribution in [0.4, 0.5) is 0 Å². The molecule has 0 aliphatic carbocycles. The standard InChI is InChI=1S/C19H30N6O3S/c1-13(2)23-9-7-16-15(12-23)19(26)25-18(20-16)10-17(21-25)14-6-5-8-24(11-14)29(27,28)22(3)4/h10,13-14,21H,5-9,11-12H2,1-4H3/t14-/m0/s1. The first-order valence-corrected chi connectivity index (χ1v) is 11.6. The smallest absolute Gasteiger partial charge is 0.281 e. The summed E-state index contributed by atoms with van der Waals surface area (Å²) in [5, 5.41) is 3.22. The van der Waals surface area contributed by atoms with Crippen LogP contribution in [0.25, 0.3) is 5.65 Å². The highest BCUT2D eigenvalue weighted by molar-refractivity contribution is 7.86. The number of aromatic amines is 1. The molecular formula is C19H30N6O3S. The summed E-state index contributed by atoms with van der Waals surface area (Å²) < 4.78 is 29.3. The lowest BCUT2D eigenvalue weighted by Crippen LogP contribution is -2.45. The normalized spacial score (nSPS) is 21.9. The number of fused-ring (bicyclic) bond motifs is 2. The summed E-state index contributed by atoms with van der Waals surface area (Å²) in [6, 6.07) is 2.29. The fourth-order valence-electron chi connectivity index (χ4n) is 4.31. The number of piperidine rings is 1. The molecule has 4 heterocycles. The molecular weight excluding hydrogens is 392 g/mol. The van der Waals surface area contributed by atoms with E-state index in [1.807, 2.05) is 6.07 Å². The molecule has 9 nitrogen and oxygen atoms in total. The number of nitrogens with zero attached hydrogens (tertiary/aromatic N) is 5. The molecule has 1 fully saturated rings. The maximum absolute atomic E-state index is 13.1. The molecule has 2 aromatic rings. The van der Waals surface area contributed by atoms with Crippen LogP contribution in [0.3, 0.4) is 0 Å². The maximum Gasteiger partial charge on any atom is 0.281 e. The van der Waals surface area contributed by atoms with E-state index in [-0.39, 0.29) is 11.5 Å². The third-order valence-corrected chi connectivity index (χ3v) is 8.06. The fraction of sp³-hybridized carbons (Fsp3) is 0.684. The molecule has 160 valence electrons. The van der Waals surface area contributed by atoms with E-state index >= 15 is 0 Å². The Bertz CT molecular complexity index is 1070. The quantitative estimate of drug-likeness (QED) is 0.786. The van der Waals surface area contributed by atoms with Crippen LogP contribution in [0.5, 0.6) is 0 Å². The summed E-state index contributed by atoms with van der Waals surface area (Å²) >= 11 is 0. The van der Waals surface area contributed by atoms with Gasteiger partial charge in [-0.15, -0.1) is 0 Å². The Labute approximate surface area is 171 Å². The van der Waals surface area contributed by atoms with E-state index in [2.05, 4.69) is 23.8 Å². The molecule has 2 aromatic heterocycles. The van der Waals surface area contributed by atoms with Crippen LogP contribution in [-0.2, 0) is 23.2 Å². The first-order chi connectivity index (χ1) is 13.7. The van der Waals surface area contributed by atoms with Gasteiger partial charge in [0.05, 0.1) is 11.3 Å². The molecule has 0 aromatic carbocycles. The summed E-state index contributed by atoms with van der Waals surface area (Å²) in [5.74, 6) is 0.0174. The SMILES string of the molecule is CC(C)N1CCc2nc3cc([C@H]4CCCN(S(=O)(=O)N(C)C)C4)[nH]n3c(=O)c2C1. The second kappa shape index (κ2) is 7.50. The minimum atomic E-state index is -3.44. The minimum absolute atomic E-state index is 0.0174. The van der Waals surface area contributed by atoms with Crippen molar-refractivity contribution in [3.63, 3.8) is 0 Å². The summed E-state index contributed by atoms with van der Waals surface area (Å²) in [5.41, 5.74) is 3.09. The third-order valence-electron chi connectivity index (χ3n) is 6.15. The van der Waals surface area contributed by atoms with Crippen molar-refractivity contribution in [3.05, 3.63) is 33.4 Å². The van der Waals surface area contributed by atoms with Gasteiger partial charge in [-0.3, -0.25) is 14.8 Å². The Morgan fingerprint density at radius 3 is 2.72 bits per heavy atom. The Hall–Kier alpha value is -1.75. The van der Waals surface area contributed by atoms with Gasteiger partial charge in [0.2, 0.25) is 0 Å². The predicted octanol–water partition coefficient (Wildman–Crippen LogP) is 0.775. The molecule has 2 aliphatic rings. The molecule has 1 saturated heterocycles. The monoisotopic (exact) mass is 422 g/mol. The minimum Gasteiger partial charge on any atom is -0.296 e. The molecule has 1 atom stereocenters. The van der Waals surface area contributed by atoms with E-state index < -0.39 is 10.2 Å². The Kier molecular flexibility index (Phi) is 5.30. The molecule has 2 aliphatic heterocycles. The van der Waals surface area contributed by atoms with E-state index in [9.17, 15) is 13.2 Å². The maximum atomic E-state index is 13.1. The molecule has 4 rings (SSSR count). The first kappa shape index (κ1) is 20.5. The lowest BCUT2D eigenvalue weighted by Gasteiger charge is -2.32. The zero-order chi connectivity index (χ0) is 20.9. The van der Waals surface area contributed by atoms with E-state index in [0.29, 0.717) is 31.3 Å². The molecule has 0 bridgehead atoms. The predicted molar refractivity (Wildman–Crippen MR) is 111 cm³/mol. The highest BCUT2D eigenvalue weighted by atomic mass is 32.2. The van der Waals surface area contributed by atoms with Gasteiger partial charge in [-0.25, -0.2) is 9.50 Å². The van der Waals surface area contributed by atoms with Crippen molar-refractivity contribution in [1.82, 2.24) is 28.1 Å². The third kappa shape index (κ3) is 3.63. The van der Waals surface area contributed by atoms with Crippen molar-refractivity contribution >= 4 is 15.9 Å². The molecule has 10 heteroatoms. The van der Waals surface area contributed by atoms with Crippen molar-refractivity contribution in [3.8, 4) is 0 Å². The lowest BCUT2D eigenvalue weighted by molar-refractivity contribution is 0.200. The number of nitrogens with one attached hydrogen (secondary N) is 1. The average Bonchev–Trinajstić information content (AvgIpc) is 3.12. The van der Waals surface area contributed by atoms with Gasteiger partial charge in [-0.1, -0.05) is 0 Å². The Morgan fingerprint density at radius 2 is 2.03 bits per heavy atom. The zero-order valence-electron chi connectivity index (χ0n) is 17.6. The van der Waals surface area contributed by atoms with Gasteiger partial charge in [0.15, 0.2) is 5.65 Å².